The van der Waals surface area contributed by atoms with Gasteiger partial charge < -0.3 is 19.7 Å². The number of carboxylic acids is 2. The van der Waals surface area contributed by atoms with Gasteiger partial charge in [-0.05, 0) is 23.8 Å². The van der Waals surface area contributed by atoms with Crippen molar-refractivity contribution in [2.75, 3.05) is 6.79 Å². The molecule has 8 nitrogen and oxygen atoms in total. The van der Waals surface area contributed by atoms with E-state index in [1.807, 2.05) is 0 Å². The number of fused-ring (bicyclic) bond motifs is 1. The Labute approximate surface area is 151 Å². The van der Waals surface area contributed by atoms with E-state index in [-0.39, 0.29) is 16.0 Å². The highest BCUT2D eigenvalue weighted by atomic mass is 32.2. The van der Waals surface area contributed by atoms with Crippen LogP contribution in [0.4, 0.5) is 0 Å². The maximum Gasteiger partial charge on any atom is 0.327 e. The monoisotopic (exact) mass is 381 g/mol. The molecule has 10 heteroatoms. The summed E-state index contributed by atoms with van der Waals surface area (Å²) in [4.78, 5) is 35.8. The van der Waals surface area contributed by atoms with Crippen molar-refractivity contribution in [1.29, 1.82) is 0 Å². The van der Waals surface area contributed by atoms with E-state index in [2.05, 4.69) is 0 Å². The number of carbonyl (C=O) groups is 3. The highest BCUT2D eigenvalue weighted by Gasteiger charge is 2.41. The average molecular weight is 381 g/mol. The first-order valence-electron chi connectivity index (χ1n) is 6.98. The lowest BCUT2D eigenvalue weighted by Gasteiger charge is -2.21. The van der Waals surface area contributed by atoms with E-state index in [0.717, 1.165) is 16.7 Å². The molecule has 1 amide bonds. The Balaban J connectivity index is 1.87. The number of aliphatic carboxylic acids is 2. The van der Waals surface area contributed by atoms with Gasteiger partial charge in [0.25, 0.3) is 5.91 Å². The molecule has 0 aliphatic carbocycles. The van der Waals surface area contributed by atoms with Crippen LogP contribution in [0.5, 0.6) is 11.5 Å². The molecule has 1 aromatic carbocycles. The summed E-state index contributed by atoms with van der Waals surface area (Å²) in [5.74, 6) is -2.26. The van der Waals surface area contributed by atoms with Gasteiger partial charge in [0.05, 0.1) is 11.3 Å². The molecule has 3 rings (SSSR count). The van der Waals surface area contributed by atoms with Crippen molar-refractivity contribution in [2.24, 2.45) is 0 Å². The Kier molecular flexibility index (Phi) is 4.64. The molecule has 130 valence electrons. The van der Waals surface area contributed by atoms with Crippen LogP contribution in [0.1, 0.15) is 12.0 Å². The van der Waals surface area contributed by atoms with Gasteiger partial charge in [0, 0.05) is 0 Å². The third-order valence-corrected chi connectivity index (χ3v) is 4.81. The summed E-state index contributed by atoms with van der Waals surface area (Å²) in [6.07, 6.45) is 0.806. The first kappa shape index (κ1) is 17.2. The molecule has 0 aromatic heterocycles. The normalized spacial score (nSPS) is 18.7. The molecular weight excluding hydrogens is 370 g/mol. The SMILES string of the molecule is O=C(O)C[C@H](C(=O)O)N1C(=O)/C(=C/c2ccc3c(c2)OCO3)SC1=S. The molecule has 2 N–H and O–H groups in total. The number of nitrogens with zero attached hydrogens (tertiary/aromatic N) is 1. The number of hydrogen-bond donors (Lipinski definition) is 2. The number of amides is 1. The smallest absolute Gasteiger partial charge is 0.327 e. The van der Waals surface area contributed by atoms with Gasteiger partial charge in [0.15, 0.2) is 11.5 Å². The van der Waals surface area contributed by atoms with Gasteiger partial charge in [-0.25, -0.2) is 4.79 Å². The Hall–Kier alpha value is -2.59. The predicted octanol–water partition coefficient (Wildman–Crippen LogP) is 1.54. The van der Waals surface area contributed by atoms with Crippen molar-refractivity contribution in [3.63, 3.8) is 0 Å². The number of ether oxygens (including phenoxy) is 2. The maximum absolute atomic E-state index is 12.5. The van der Waals surface area contributed by atoms with Gasteiger partial charge in [0.2, 0.25) is 6.79 Å². The van der Waals surface area contributed by atoms with Crippen molar-refractivity contribution in [2.45, 2.75) is 12.5 Å². The zero-order valence-electron chi connectivity index (χ0n) is 12.5. The Morgan fingerprint density at radius 3 is 2.72 bits per heavy atom. The van der Waals surface area contributed by atoms with Crippen LogP contribution >= 0.6 is 24.0 Å². The molecule has 2 aliphatic heterocycles. The number of thiocarbonyl (C=S) groups is 1. The largest absolute Gasteiger partial charge is 0.481 e. The molecule has 1 atom stereocenters. The standard InChI is InChI=1S/C15H11NO7S2/c17-12(18)5-8(14(20)21)16-13(19)11(25-15(16)24)4-7-1-2-9-10(3-7)23-6-22-9/h1-4,8H,5-6H2,(H,17,18)(H,20,21)/b11-4-/t8-/m1/s1. The van der Waals surface area contributed by atoms with Gasteiger partial charge in [-0.15, -0.1) is 0 Å². The van der Waals surface area contributed by atoms with E-state index in [4.69, 9.17) is 26.8 Å². The molecule has 0 unspecified atom stereocenters. The van der Waals surface area contributed by atoms with Crippen LogP contribution in [0.2, 0.25) is 0 Å². The minimum Gasteiger partial charge on any atom is -0.481 e. The molecule has 1 saturated heterocycles. The van der Waals surface area contributed by atoms with Crippen LogP contribution in [0.3, 0.4) is 0 Å². The second-order valence-electron chi connectivity index (χ2n) is 5.12. The minimum atomic E-state index is -1.55. The van der Waals surface area contributed by atoms with Crippen LogP contribution in [0.15, 0.2) is 23.1 Å². The van der Waals surface area contributed by atoms with Gasteiger partial charge in [-0.1, -0.05) is 30.0 Å². The van der Waals surface area contributed by atoms with Crippen LogP contribution in [0, 0.1) is 0 Å². The second kappa shape index (κ2) is 6.73. The lowest BCUT2D eigenvalue weighted by molar-refractivity contribution is -0.150. The molecular formula is C15H11NO7S2. The maximum atomic E-state index is 12.5. The molecule has 0 radical (unpaired) electrons. The molecule has 1 fully saturated rings. The quantitative estimate of drug-likeness (QED) is 0.579. The molecule has 0 saturated carbocycles. The summed E-state index contributed by atoms with van der Waals surface area (Å²) in [5, 5.41) is 18.1. The second-order valence-corrected chi connectivity index (χ2v) is 6.79. The number of hydrogen-bond acceptors (Lipinski definition) is 7. The van der Waals surface area contributed by atoms with E-state index in [1.54, 1.807) is 24.3 Å². The topological polar surface area (TPSA) is 113 Å². The van der Waals surface area contributed by atoms with Gasteiger partial charge >= 0.3 is 11.9 Å². The molecule has 2 aliphatic rings. The Morgan fingerprint density at radius 1 is 1.32 bits per heavy atom. The minimum absolute atomic E-state index is 0.00523. The van der Waals surface area contributed by atoms with E-state index < -0.39 is 30.3 Å². The summed E-state index contributed by atoms with van der Waals surface area (Å²) in [5.41, 5.74) is 0.648. The molecule has 0 spiro atoms. The van der Waals surface area contributed by atoms with E-state index in [1.165, 1.54) is 0 Å². The Bertz CT molecular complexity index is 820. The number of benzene rings is 1. The fourth-order valence-electron chi connectivity index (χ4n) is 2.36. The van der Waals surface area contributed by atoms with Crippen LogP contribution < -0.4 is 9.47 Å². The number of carbonyl (C=O) groups excluding carboxylic acids is 1. The lowest BCUT2D eigenvalue weighted by Crippen LogP contribution is -2.45. The van der Waals surface area contributed by atoms with E-state index in [9.17, 15) is 19.5 Å². The van der Waals surface area contributed by atoms with E-state index >= 15 is 0 Å². The highest BCUT2D eigenvalue weighted by Crippen LogP contribution is 2.37. The third-order valence-electron chi connectivity index (χ3n) is 3.48. The predicted molar refractivity (Wildman–Crippen MR) is 91.3 cm³/mol. The molecule has 2 heterocycles. The zero-order valence-corrected chi connectivity index (χ0v) is 14.1. The third kappa shape index (κ3) is 3.44. The van der Waals surface area contributed by atoms with Crippen molar-refractivity contribution < 1.29 is 34.1 Å². The summed E-state index contributed by atoms with van der Waals surface area (Å²) in [6, 6.07) is 3.54. The van der Waals surface area contributed by atoms with Gasteiger partial charge in [-0.3, -0.25) is 14.5 Å². The summed E-state index contributed by atoms with van der Waals surface area (Å²) < 4.78 is 10.5. The summed E-state index contributed by atoms with van der Waals surface area (Å²) in [6.45, 7) is 0.121. The zero-order chi connectivity index (χ0) is 18.1. The first-order valence-corrected chi connectivity index (χ1v) is 8.20. The van der Waals surface area contributed by atoms with E-state index in [0.29, 0.717) is 17.1 Å². The lowest BCUT2D eigenvalue weighted by atomic mass is 10.1. The van der Waals surface area contributed by atoms with Gasteiger partial charge in [-0.2, -0.15) is 0 Å². The van der Waals surface area contributed by atoms with Crippen molar-refractivity contribution >= 4 is 52.2 Å². The number of rotatable bonds is 5. The first-order chi connectivity index (χ1) is 11.9. The highest BCUT2D eigenvalue weighted by molar-refractivity contribution is 8.26. The number of thioether (sulfide) groups is 1. The molecule has 1 aromatic rings. The summed E-state index contributed by atoms with van der Waals surface area (Å²) >= 11 is 5.99. The average Bonchev–Trinajstić information content (AvgIpc) is 3.10. The molecule has 0 bridgehead atoms. The number of carboxylic acid groups (broad SMARTS) is 2. The van der Waals surface area contributed by atoms with Crippen molar-refractivity contribution in [3.8, 4) is 11.5 Å². The summed E-state index contributed by atoms with van der Waals surface area (Å²) in [7, 11) is 0. The van der Waals surface area contributed by atoms with Crippen LogP contribution in [-0.2, 0) is 14.4 Å². The van der Waals surface area contributed by atoms with Crippen molar-refractivity contribution in [3.05, 3.63) is 28.7 Å². The fourth-order valence-corrected chi connectivity index (χ4v) is 3.71. The molecule has 25 heavy (non-hydrogen) atoms. The Morgan fingerprint density at radius 2 is 2.04 bits per heavy atom. The van der Waals surface area contributed by atoms with Crippen LogP contribution in [-0.4, -0.2) is 50.1 Å². The van der Waals surface area contributed by atoms with Gasteiger partial charge in [0.1, 0.15) is 10.4 Å². The fraction of sp³-hybridized carbons (Fsp3) is 0.200. The van der Waals surface area contributed by atoms with Crippen LogP contribution in [0.25, 0.3) is 6.08 Å². The van der Waals surface area contributed by atoms with Crippen molar-refractivity contribution in [1.82, 2.24) is 4.90 Å².